The molecule has 1 unspecified atom stereocenters. The van der Waals surface area contributed by atoms with Gasteiger partial charge in [0, 0.05) is 0 Å². The highest BCUT2D eigenvalue weighted by Gasteiger charge is 2.35. The van der Waals surface area contributed by atoms with Crippen molar-refractivity contribution in [2.75, 3.05) is 19.0 Å². The van der Waals surface area contributed by atoms with E-state index in [0.717, 1.165) is 19.3 Å². The maximum Gasteiger partial charge on any atom is 0.324 e. The third kappa shape index (κ3) is 11.2. The van der Waals surface area contributed by atoms with Crippen LogP contribution in [0.1, 0.15) is 78.6 Å². The van der Waals surface area contributed by atoms with Crippen molar-refractivity contribution in [2.45, 2.75) is 83.8 Å². The Morgan fingerprint density at radius 3 is 1.84 bits per heavy atom. The van der Waals surface area contributed by atoms with Crippen LogP contribution in [0.3, 0.4) is 0 Å². The normalized spacial score (nSPS) is 12.6. The van der Waals surface area contributed by atoms with E-state index in [-0.39, 0.29) is 19.0 Å². The molecule has 0 rings (SSSR count). The first kappa shape index (κ1) is 23.9. The monoisotopic (exact) mass is 378 g/mol. The van der Waals surface area contributed by atoms with Gasteiger partial charge in [0.2, 0.25) is 0 Å². The summed E-state index contributed by atoms with van der Waals surface area (Å²) in [6, 6.07) is 0. The van der Waals surface area contributed by atoms with Gasteiger partial charge in [-0.05, 0) is 20.3 Å². The van der Waals surface area contributed by atoms with Crippen LogP contribution in [-0.2, 0) is 28.9 Å². The van der Waals surface area contributed by atoms with Gasteiger partial charge in [-0.2, -0.15) is 0 Å². The van der Waals surface area contributed by atoms with E-state index < -0.39 is 33.4 Å². The number of sulfone groups is 1. The first-order chi connectivity index (χ1) is 11.9. The minimum atomic E-state index is -3.73. The number of hydrogen-bond donors (Lipinski definition) is 0. The first-order valence-corrected chi connectivity index (χ1v) is 11.1. The fourth-order valence-corrected chi connectivity index (χ4v) is 4.19. The second-order valence-corrected chi connectivity index (χ2v) is 8.39. The van der Waals surface area contributed by atoms with Crippen molar-refractivity contribution >= 4 is 21.8 Å². The molecule has 0 spiro atoms. The molecule has 0 radical (unpaired) electrons. The van der Waals surface area contributed by atoms with Gasteiger partial charge in [0.05, 0.1) is 25.4 Å². The molecule has 0 N–H and O–H groups in total. The minimum Gasteiger partial charge on any atom is -0.466 e. The molecule has 0 heterocycles. The zero-order chi connectivity index (χ0) is 19.1. The van der Waals surface area contributed by atoms with Gasteiger partial charge in [-0.25, -0.2) is 8.42 Å². The average molecular weight is 379 g/mol. The fourth-order valence-electron chi connectivity index (χ4n) is 2.54. The van der Waals surface area contributed by atoms with Crippen LogP contribution in [0.5, 0.6) is 0 Å². The summed E-state index contributed by atoms with van der Waals surface area (Å²) in [7, 11) is -3.73. The molecular formula is C18H34O6S. The van der Waals surface area contributed by atoms with Crippen LogP contribution < -0.4 is 0 Å². The molecule has 7 heteroatoms. The van der Waals surface area contributed by atoms with Gasteiger partial charge in [-0.3, -0.25) is 9.59 Å². The number of unbranched alkanes of at least 4 members (excludes halogenated alkanes) is 7. The van der Waals surface area contributed by atoms with Crippen molar-refractivity contribution in [2.24, 2.45) is 0 Å². The van der Waals surface area contributed by atoms with E-state index in [4.69, 9.17) is 9.47 Å². The topological polar surface area (TPSA) is 86.7 Å². The van der Waals surface area contributed by atoms with E-state index in [1.165, 1.54) is 25.7 Å². The van der Waals surface area contributed by atoms with Gasteiger partial charge in [-0.1, -0.05) is 51.9 Å². The van der Waals surface area contributed by atoms with Gasteiger partial charge in [-0.15, -0.1) is 0 Å². The molecule has 6 nitrogen and oxygen atoms in total. The maximum absolute atomic E-state index is 12.5. The van der Waals surface area contributed by atoms with Gasteiger partial charge in [0.25, 0.3) is 0 Å². The predicted octanol–water partition coefficient (Wildman–Crippen LogP) is 3.43. The van der Waals surface area contributed by atoms with E-state index in [1.54, 1.807) is 13.8 Å². The molecule has 0 fully saturated rings. The zero-order valence-electron chi connectivity index (χ0n) is 15.9. The highest BCUT2D eigenvalue weighted by Crippen LogP contribution is 2.15. The SMILES string of the molecule is CCCCCCCCCCS(=O)(=O)C(CC(=O)OCC)C(=O)OCC. The van der Waals surface area contributed by atoms with Crippen molar-refractivity contribution < 1.29 is 27.5 Å². The first-order valence-electron chi connectivity index (χ1n) is 9.42. The Hall–Kier alpha value is -1.11. The lowest BCUT2D eigenvalue weighted by atomic mass is 10.1. The Labute approximate surface area is 152 Å². The van der Waals surface area contributed by atoms with Crippen LogP contribution in [0.4, 0.5) is 0 Å². The molecule has 1 atom stereocenters. The largest absolute Gasteiger partial charge is 0.466 e. The Morgan fingerprint density at radius 2 is 1.32 bits per heavy atom. The predicted molar refractivity (Wildman–Crippen MR) is 98.1 cm³/mol. The highest BCUT2D eigenvalue weighted by atomic mass is 32.2. The lowest BCUT2D eigenvalue weighted by molar-refractivity contribution is -0.149. The number of carbonyl (C=O) groups excluding carboxylic acids is 2. The Balaban J connectivity index is 4.45. The fraction of sp³-hybridized carbons (Fsp3) is 0.889. The van der Waals surface area contributed by atoms with Crippen LogP contribution in [-0.4, -0.2) is 44.6 Å². The Morgan fingerprint density at radius 1 is 0.800 bits per heavy atom. The third-order valence-corrected chi connectivity index (χ3v) is 6.01. The molecule has 0 aromatic heterocycles. The summed E-state index contributed by atoms with van der Waals surface area (Å²) in [6.07, 6.45) is 7.75. The lowest BCUT2D eigenvalue weighted by Gasteiger charge is -2.15. The van der Waals surface area contributed by atoms with E-state index in [0.29, 0.717) is 6.42 Å². The number of ether oxygens (including phenoxy) is 2. The van der Waals surface area contributed by atoms with Crippen molar-refractivity contribution in [3.8, 4) is 0 Å². The standard InChI is InChI=1S/C18H34O6S/c1-4-7-8-9-10-11-12-13-14-25(21,22)16(18(20)24-6-3)15-17(19)23-5-2/h16H,4-15H2,1-3H3. The molecule has 0 aromatic carbocycles. The summed E-state index contributed by atoms with van der Waals surface area (Å²) >= 11 is 0. The van der Waals surface area contributed by atoms with Crippen LogP contribution in [0.25, 0.3) is 0 Å². The van der Waals surface area contributed by atoms with Gasteiger partial charge in [0.15, 0.2) is 15.1 Å². The molecular weight excluding hydrogens is 344 g/mol. The number of esters is 2. The lowest BCUT2D eigenvalue weighted by Crippen LogP contribution is -2.36. The summed E-state index contributed by atoms with van der Waals surface area (Å²) in [6.45, 7) is 5.62. The smallest absolute Gasteiger partial charge is 0.324 e. The summed E-state index contributed by atoms with van der Waals surface area (Å²) < 4.78 is 34.5. The molecule has 0 saturated carbocycles. The summed E-state index contributed by atoms with van der Waals surface area (Å²) in [5.41, 5.74) is 0. The van der Waals surface area contributed by atoms with Crippen molar-refractivity contribution in [3.05, 3.63) is 0 Å². The number of hydrogen-bond acceptors (Lipinski definition) is 6. The van der Waals surface area contributed by atoms with Crippen LogP contribution in [0.15, 0.2) is 0 Å². The van der Waals surface area contributed by atoms with Gasteiger partial charge in [0.1, 0.15) is 0 Å². The van der Waals surface area contributed by atoms with E-state index in [1.807, 2.05) is 0 Å². The molecule has 0 amide bonds. The van der Waals surface area contributed by atoms with Crippen LogP contribution >= 0.6 is 0 Å². The molecule has 25 heavy (non-hydrogen) atoms. The van der Waals surface area contributed by atoms with Crippen molar-refractivity contribution in [1.29, 1.82) is 0 Å². The zero-order valence-corrected chi connectivity index (χ0v) is 16.7. The average Bonchev–Trinajstić information content (AvgIpc) is 2.55. The molecule has 0 bridgehead atoms. The Kier molecular flexibility index (Phi) is 13.5. The van der Waals surface area contributed by atoms with E-state index >= 15 is 0 Å². The summed E-state index contributed by atoms with van der Waals surface area (Å²) in [5.74, 6) is -1.67. The van der Waals surface area contributed by atoms with Crippen LogP contribution in [0, 0.1) is 0 Å². The molecule has 0 aliphatic heterocycles. The Bertz CT molecular complexity index is 472. The van der Waals surface area contributed by atoms with Gasteiger partial charge < -0.3 is 9.47 Å². The molecule has 0 aromatic rings. The van der Waals surface area contributed by atoms with E-state index in [9.17, 15) is 18.0 Å². The number of carbonyl (C=O) groups is 2. The molecule has 148 valence electrons. The highest BCUT2D eigenvalue weighted by molar-refractivity contribution is 7.92. The van der Waals surface area contributed by atoms with Crippen molar-refractivity contribution in [1.82, 2.24) is 0 Å². The summed E-state index contributed by atoms with van der Waals surface area (Å²) in [4.78, 5) is 23.6. The quantitative estimate of drug-likeness (QED) is 0.320. The third-order valence-electron chi connectivity index (χ3n) is 3.92. The van der Waals surface area contributed by atoms with Gasteiger partial charge >= 0.3 is 11.9 Å². The molecule has 0 aliphatic rings. The minimum absolute atomic E-state index is 0.0748. The maximum atomic E-state index is 12.5. The summed E-state index contributed by atoms with van der Waals surface area (Å²) in [5, 5.41) is -1.46. The van der Waals surface area contributed by atoms with Crippen LogP contribution in [0.2, 0.25) is 0 Å². The van der Waals surface area contributed by atoms with Crippen molar-refractivity contribution in [3.63, 3.8) is 0 Å². The molecule has 0 saturated heterocycles. The second-order valence-electron chi connectivity index (χ2n) is 6.09. The van der Waals surface area contributed by atoms with E-state index in [2.05, 4.69) is 6.92 Å². The number of rotatable bonds is 15. The second kappa shape index (κ2) is 14.1. The molecule has 0 aliphatic carbocycles.